The van der Waals surface area contributed by atoms with E-state index in [4.69, 9.17) is 15.9 Å². The highest BCUT2D eigenvalue weighted by Crippen LogP contribution is 2.22. The number of amides is 2. The summed E-state index contributed by atoms with van der Waals surface area (Å²) < 4.78 is 11.2. The fraction of sp³-hybridized carbons (Fsp3) is 0.207. The molecule has 0 saturated heterocycles. The Kier molecular flexibility index (Phi) is 9.66. The molecule has 1 atom stereocenters. The number of ether oxygens (including phenoxy) is 2. The third-order valence-electron chi connectivity index (χ3n) is 5.30. The minimum atomic E-state index is -0.855. The van der Waals surface area contributed by atoms with Crippen LogP contribution in [0, 0.1) is 26.2 Å². The minimum absolute atomic E-state index is 0.118. The molecule has 0 heterocycles. The molecule has 0 aliphatic carbocycles. The number of nitrogens with one attached hydrogen (secondary N) is 2. The van der Waals surface area contributed by atoms with Crippen molar-refractivity contribution in [1.82, 2.24) is 10.7 Å². The number of carbonyl (C=O) groups excluding carboxylic acids is 2. The molecule has 3 aromatic rings. The Hall–Kier alpha value is -4.57. The number of para-hydroxylation sites is 2. The zero-order valence-corrected chi connectivity index (χ0v) is 20.4. The molecule has 0 aliphatic heterocycles. The van der Waals surface area contributed by atoms with E-state index in [1.54, 1.807) is 12.1 Å². The van der Waals surface area contributed by atoms with Gasteiger partial charge in [0.15, 0.2) is 6.61 Å². The van der Waals surface area contributed by atoms with Crippen molar-refractivity contribution in [1.29, 1.82) is 0 Å². The van der Waals surface area contributed by atoms with Gasteiger partial charge in [-0.15, -0.1) is 6.42 Å². The first kappa shape index (κ1) is 26.0. The molecule has 7 heteroatoms. The predicted octanol–water partition coefficient (Wildman–Crippen LogP) is 3.57. The maximum Gasteiger partial charge on any atom is 0.262 e. The number of nitrogens with zero attached hydrogens (tertiary/aromatic N) is 1. The summed E-state index contributed by atoms with van der Waals surface area (Å²) in [5.41, 5.74) is 5.92. The van der Waals surface area contributed by atoms with E-state index in [9.17, 15) is 9.59 Å². The third kappa shape index (κ3) is 7.74. The number of hydrazone groups is 1. The summed E-state index contributed by atoms with van der Waals surface area (Å²) in [6.07, 6.45) is 7.02. The third-order valence-corrected chi connectivity index (χ3v) is 5.30. The second-order valence-electron chi connectivity index (χ2n) is 8.08. The quantitative estimate of drug-likeness (QED) is 0.248. The van der Waals surface area contributed by atoms with Crippen molar-refractivity contribution in [2.24, 2.45) is 5.10 Å². The van der Waals surface area contributed by atoms with Crippen LogP contribution in [0.1, 0.15) is 22.3 Å². The van der Waals surface area contributed by atoms with Crippen LogP contribution in [0.5, 0.6) is 11.5 Å². The summed E-state index contributed by atoms with van der Waals surface area (Å²) >= 11 is 0. The lowest BCUT2D eigenvalue weighted by atomic mass is 10.1. The van der Waals surface area contributed by atoms with Crippen LogP contribution in [0.3, 0.4) is 0 Å². The number of benzene rings is 3. The SMILES string of the molecule is C#CCOc1ccccc1/C=N\NC(=O)[C@H](Cc1ccccc1)NC(=O)COc1c(C)cccc1C. The summed E-state index contributed by atoms with van der Waals surface area (Å²) in [5, 5.41) is 6.82. The number of rotatable bonds is 11. The van der Waals surface area contributed by atoms with E-state index in [0.29, 0.717) is 23.5 Å². The van der Waals surface area contributed by atoms with Crippen LogP contribution in [0.15, 0.2) is 77.9 Å². The first-order chi connectivity index (χ1) is 17.5. The maximum atomic E-state index is 13.0. The molecular formula is C29H29N3O4. The molecule has 0 radical (unpaired) electrons. The lowest BCUT2D eigenvalue weighted by Crippen LogP contribution is -2.48. The van der Waals surface area contributed by atoms with Gasteiger partial charge in [-0.3, -0.25) is 9.59 Å². The molecule has 184 valence electrons. The maximum absolute atomic E-state index is 13.0. The Labute approximate surface area is 211 Å². The van der Waals surface area contributed by atoms with Crippen molar-refractivity contribution in [2.75, 3.05) is 13.2 Å². The highest BCUT2D eigenvalue weighted by Gasteiger charge is 2.21. The van der Waals surface area contributed by atoms with E-state index in [2.05, 4.69) is 21.8 Å². The fourth-order valence-electron chi connectivity index (χ4n) is 3.54. The smallest absolute Gasteiger partial charge is 0.262 e. The Bertz CT molecular complexity index is 1230. The molecule has 2 N–H and O–H groups in total. The standard InChI is InChI=1S/C29H29N3O4/c1-4-17-35-26-16-9-8-15-24(26)19-30-32-29(34)25(18-23-13-6-5-7-14-23)31-27(33)20-36-28-21(2)11-10-12-22(28)3/h1,5-16,19,25H,17-18,20H2,2-3H3,(H,31,33)(H,32,34)/b30-19-/t25-/m0/s1. The molecule has 0 spiro atoms. The monoisotopic (exact) mass is 483 g/mol. The summed E-state index contributed by atoms with van der Waals surface area (Å²) in [4.78, 5) is 25.7. The largest absolute Gasteiger partial charge is 0.483 e. The van der Waals surface area contributed by atoms with Gasteiger partial charge in [-0.05, 0) is 42.7 Å². The van der Waals surface area contributed by atoms with Crippen molar-refractivity contribution < 1.29 is 19.1 Å². The molecule has 36 heavy (non-hydrogen) atoms. The van der Waals surface area contributed by atoms with Crippen molar-refractivity contribution in [3.63, 3.8) is 0 Å². The van der Waals surface area contributed by atoms with Gasteiger partial charge < -0.3 is 14.8 Å². The Morgan fingerprint density at radius 2 is 1.67 bits per heavy atom. The van der Waals surface area contributed by atoms with E-state index in [0.717, 1.165) is 16.7 Å². The van der Waals surface area contributed by atoms with Gasteiger partial charge in [0.05, 0.1) is 6.21 Å². The zero-order valence-electron chi connectivity index (χ0n) is 20.4. The highest BCUT2D eigenvalue weighted by molar-refractivity contribution is 5.90. The average molecular weight is 484 g/mol. The van der Waals surface area contributed by atoms with Gasteiger partial charge in [0.2, 0.25) is 0 Å². The van der Waals surface area contributed by atoms with Gasteiger partial charge in [-0.2, -0.15) is 5.10 Å². The van der Waals surface area contributed by atoms with Gasteiger partial charge in [-0.1, -0.05) is 66.6 Å². The number of hydrogen-bond donors (Lipinski definition) is 2. The normalized spacial score (nSPS) is 11.4. The van der Waals surface area contributed by atoms with E-state index in [1.807, 2.05) is 74.5 Å². The minimum Gasteiger partial charge on any atom is -0.483 e. The van der Waals surface area contributed by atoms with E-state index >= 15 is 0 Å². The molecule has 3 aromatic carbocycles. The predicted molar refractivity (Wildman–Crippen MR) is 140 cm³/mol. The first-order valence-corrected chi connectivity index (χ1v) is 11.5. The molecule has 0 unspecified atom stereocenters. The van der Waals surface area contributed by atoms with E-state index in [-0.39, 0.29) is 13.2 Å². The summed E-state index contributed by atoms with van der Waals surface area (Å²) in [6.45, 7) is 3.74. The van der Waals surface area contributed by atoms with E-state index < -0.39 is 17.9 Å². The van der Waals surface area contributed by atoms with Gasteiger partial charge >= 0.3 is 0 Å². The first-order valence-electron chi connectivity index (χ1n) is 11.5. The van der Waals surface area contributed by atoms with Crippen LogP contribution in [0.25, 0.3) is 0 Å². The molecule has 0 aliphatic rings. The average Bonchev–Trinajstić information content (AvgIpc) is 2.88. The van der Waals surface area contributed by atoms with E-state index in [1.165, 1.54) is 6.21 Å². The Balaban J connectivity index is 1.67. The van der Waals surface area contributed by atoms with Crippen LogP contribution in [0.4, 0.5) is 0 Å². The molecule has 0 aromatic heterocycles. The highest BCUT2D eigenvalue weighted by atomic mass is 16.5. The van der Waals surface area contributed by atoms with Crippen molar-refractivity contribution >= 4 is 18.0 Å². The zero-order chi connectivity index (χ0) is 25.8. The molecule has 0 fully saturated rings. The summed E-state index contributed by atoms with van der Waals surface area (Å²) in [7, 11) is 0. The lowest BCUT2D eigenvalue weighted by molar-refractivity contribution is -0.130. The van der Waals surface area contributed by atoms with Crippen molar-refractivity contribution in [2.45, 2.75) is 26.3 Å². The van der Waals surface area contributed by atoms with Crippen LogP contribution in [-0.2, 0) is 16.0 Å². The number of aryl methyl sites for hydroxylation is 2. The Morgan fingerprint density at radius 1 is 0.972 bits per heavy atom. The summed E-state index contributed by atoms with van der Waals surface area (Å²) in [6, 6.07) is 21.5. The molecular weight excluding hydrogens is 454 g/mol. The van der Waals surface area contributed by atoms with Gasteiger partial charge in [0.25, 0.3) is 11.8 Å². The second-order valence-corrected chi connectivity index (χ2v) is 8.08. The molecule has 3 rings (SSSR count). The van der Waals surface area contributed by atoms with Crippen LogP contribution >= 0.6 is 0 Å². The molecule has 2 amide bonds. The lowest BCUT2D eigenvalue weighted by Gasteiger charge is -2.18. The fourth-order valence-corrected chi connectivity index (χ4v) is 3.54. The Morgan fingerprint density at radius 3 is 2.39 bits per heavy atom. The van der Waals surface area contributed by atoms with Crippen molar-refractivity contribution in [3.05, 3.63) is 95.1 Å². The molecule has 7 nitrogen and oxygen atoms in total. The van der Waals surface area contributed by atoms with Crippen LogP contribution in [0.2, 0.25) is 0 Å². The number of carbonyl (C=O) groups is 2. The van der Waals surface area contributed by atoms with Gasteiger partial charge in [0, 0.05) is 12.0 Å². The topological polar surface area (TPSA) is 89.0 Å². The van der Waals surface area contributed by atoms with Crippen molar-refractivity contribution in [3.8, 4) is 23.8 Å². The molecule has 0 bridgehead atoms. The number of hydrogen-bond acceptors (Lipinski definition) is 5. The van der Waals surface area contributed by atoms with Crippen LogP contribution < -0.4 is 20.2 Å². The molecule has 0 saturated carbocycles. The van der Waals surface area contributed by atoms with Gasteiger partial charge in [0.1, 0.15) is 24.1 Å². The van der Waals surface area contributed by atoms with Gasteiger partial charge in [-0.25, -0.2) is 5.43 Å². The summed E-state index contributed by atoms with van der Waals surface area (Å²) in [5.74, 6) is 2.75. The second kappa shape index (κ2) is 13.4. The number of terminal acetylenes is 1. The van der Waals surface area contributed by atoms with Crippen LogP contribution in [-0.4, -0.2) is 37.3 Å².